The van der Waals surface area contributed by atoms with Crippen molar-refractivity contribution in [2.45, 2.75) is 45.2 Å². The molecule has 6 heteroatoms. The van der Waals surface area contributed by atoms with Crippen molar-refractivity contribution in [3.8, 4) is 0 Å². The Balaban J connectivity index is 2.05. The zero-order valence-electron chi connectivity index (χ0n) is 12.3. The fraction of sp³-hybridized carbons (Fsp3) is 0.533. The topological polar surface area (TPSA) is 58.4 Å². The van der Waals surface area contributed by atoms with Gasteiger partial charge in [-0.15, -0.1) is 0 Å². The van der Waals surface area contributed by atoms with Gasteiger partial charge in [-0.25, -0.2) is 0 Å². The fourth-order valence-electron chi connectivity index (χ4n) is 2.86. The summed E-state index contributed by atoms with van der Waals surface area (Å²) in [6, 6.07) is 3.98. The molecule has 0 bridgehead atoms. The Labute approximate surface area is 135 Å². The van der Waals surface area contributed by atoms with Crippen molar-refractivity contribution < 1.29 is 4.79 Å². The van der Waals surface area contributed by atoms with E-state index in [4.69, 9.17) is 28.9 Å². The highest BCUT2D eigenvalue weighted by molar-refractivity contribution is 6.37. The van der Waals surface area contributed by atoms with E-state index in [0.29, 0.717) is 40.0 Å². The molecular formula is C15H21Cl2N3O. The number of likely N-dealkylation sites (tertiary alicyclic amines) is 1. The molecule has 21 heavy (non-hydrogen) atoms. The smallest absolute Gasteiger partial charge is 0.238 e. The second-order valence-corrected chi connectivity index (χ2v) is 6.54. The van der Waals surface area contributed by atoms with Crippen LogP contribution in [-0.4, -0.2) is 29.4 Å². The summed E-state index contributed by atoms with van der Waals surface area (Å²) in [6.45, 7) is 4.67. The minimum atomic E-state index is -0.105. The number of benzene rings is 1. The lowest BCUT2D eigenvalue weighted by Gasteiger charge is -2.38. The number of nitrogens with one attached hydrogen (secondary N) is 1. The van der Waals surface area contributed by atoms with Gasteiger partial charge in [0.25, 0.3) is 0 Å². The first-order valence-electron chi connectivity index (χ1n) is 7.18. The van der Waals surface area contributed by atoms with Crippen LogP contribution >= 0.6 is 23.2 Å². The maximum Gasteiger partial charge on any atom is 0.238 e. The maximum absolute atomic E-state index is 12.3. The number of carbonyl (C=O) groups is 1. The van der Waals surface area contributed by atoms with E-state index in [0.717, 1.165) is 12.8 Å². The summed E-state index contributed by atoms with van der Waals surface area (Å²) in [5.74, 6) is -0.105. The summed E-state index contributed by atoms with van der Waals surface area (Å²) in [5, 5.41) is 3.61. The van der Waals surface area contributed by atoms with Crippen LogP contribution in [0.2, 0.25) is 10.0 Å². The Bertz CT molecular complexity index is 503. The van der Waals surface area contributed by atoms with Gasteiger partial charge < -0.3 is 11.1 Å². The minimum Gasteiger partial charge on any atom is -0.397 e. The summed E-state index contributed by atoms with van der Waals surface area (Å²) in [4.78, 5) is 14.5. The van der Waals surface area contributed by atoms with Gasteiger partial charge in [0.1, 0.15) is 0 Å². The molecular weight excluding hydrogens is 309 g/mol. The van der Waals surface area contributed by atoms with E-state index in [1.165, 1.54) is 6.42 Å². The van der Waals surface area contributed by atoms with Crippen LogP contribution in [-0.2, 0) is 4.79 Å². The Hall–Kier alpha value is -0.970. The summed E-state index contributed by atoms with van der Waals surface area (Å²) in [6.07, 6.45) is 3.47. The van der Waals surface area contributed by atoms with Gasteiger partial charge >= 0.3 is 0 Å². The monoisotopic (exact) mass is 329 g/mol. The van der Waals surface area contributed by atoms with E-state index >= 15 is 0 Å². The number of hydrogen-bond donors (Lipinski definition) is 2. The normalized spacial score (nSPS) is 23.0. The van der Waals surface area contributed by atoms with Crippen LogP contribution in [0.15, 0.2) is 12.1 Å². The van der Waals surface area contributed by atoms with Crippen molar-refractivity contribution >= 4 is 40.5 Å². The standard InChI is InChI=1S/C15H21Cl2N3O/c1-9-4-3-5-10(2)20(9)8-14(21)19-15-12(17)6-11(16)7-13(15)18/h6-7,9-10H,3-5,8,18H2,1-2H3,(H,19,21)/t9-,10+. The predicted octanol–water partition coefficient (Wildman–Crippen LogP) is 3.78. The van der Waals surface area contributed by atoms with Gasteiger partial charge in [0.05, 0.1) is 22.9 Å². The molecule has 1 amide bonds. The van der Waals surface area contributed by atoms with Gasteiger partial charge in [-0.2, -0.15) is 0 Å². The average molecular weight is 330 g/mol. The zero-order chi connectivity index (χ0) is 15.6. The van der Waals surface area contributed by atoms with E-state index in [1.807, 2.05) is 0 Å². The SMILES string of the molecule is C[C@@H]1CCC[C@H](C)N1CC(=O)Nc1c(N)cc(Cl)cc1Cl. The van der Waals surface area contributed by atoms with E-state index in [-0.39, 0.29) is 5.91 Å². The summed E-state index contributed by atoms with van der Waals surface area (Å²) in [7, 11) is 0. The van der Waals surface area contributed by atoms with Crippen LogP contribution < -0.4 is 11.1 Å². The fourth-order valence-corrected chi connectivity index (χ4v) is 3.41. The van der Waals surface area contributed by atoms with Crippen molar-refractivity contribution in [2.75, 3.05) is 17.6 Å². The summed E-state index contributed by atoms with van der Waals surface area (Å²) < 4.78 is 0. The van der Waals surface area contributed by atoms with Gasteiger partial charge in [-0.3, -0.25) is 9.69 Å². The van der Waals surface area contributed by atoms with Crippen LogP contribution in [0.1, 0.15) is 33.1 Å². The van der Waals surface area contributed by atoms with Crippen LogP contribution in [0.4, 0.5) is 11.4 Å². The number of piperidine rings is 1. The molecule has 2 atom stereocenters. The average Bonchev–Trinajstić information content (AvgIpc) is 2.38. The Kier molecular flexibility index (Phi) is 5.36. The summed E-state index contributed by atoms with van der Waals surface area (Å²) in [5.41, 5.74) is 6.67. The summed E-state index contributed by atoms with van der Waals surface area (Å²) >= 11 is 12.0. The second kappa shape index (κ2) is 6.86. The number of halogens is 2. The highest BCUT2D eigenvalue weighted by Crippen LogP contribution is 2.32. The molecule has 0 aliphatic carbocycles. The third kappa shape index (κ3) is 4.02. The van der Waals surface area contributed by atoms with Crippen molar-refractivity contribution in [1.82, 2.24) is 4.90 Å². The quantitative estimate of drug-likeness (QED) is 0.829. The van der Waals surface area contributed by atoms with Gasteiger partial charge in [-0.05, 0) is 38.8 Å². The molecule has 2 rings (SSSR count). The molecule has 3 N–H and O–H groups in total. The van der Waals surface area contributed by atoms with Gasteiger partial charge in [0.2, 0.25) is 5.91 Å². The second-order valence-electron chi connectivity index (χ2n) is 5.70. The zero-order valence-corrected chi connectivity index (χ0v) is 13.8. The molecule has 0 saturated carbocycles. The molecule has 1 heterocycles. The highest BCUT2D eigenvalue weighted by atomic mass is 35.5. The maximum atomic E-state index is 12.3. The van der Waals surface area contributed by atoms with Crippen molar-refractivity contribution in [1.29, 1.82) is 0 Å². The third-order valence-electron chi connectivity index (χ3n) is 4.05. The number of hydrogen-bond acceptors (Lipinski definition) is 3. The Morgan fingerprint density at radius 1 is 1.33 bits per heavy atom. The van der Waals surface area contributed by atoms with Gasteiger partial charge in [-0.1, -0.05) is 29.6 Å². The number of amides is 1. The van der Waals surface area contributed by atoms with Crippen LogP contribution in [0.5, 0.6) is 0 Å². The number of nitrogen functional groups attached to an aromatic ring is 1. The first-order chi connectivity index (χ1) is 9.88. The molecule has 0 aromatic heterocycles. The lowest BCUT2D eigenvalue weighted by Crippen LogP contribution is -2.47. The minimum absolute atomic E-state index is 0.105. The van der Waals surface area contributed by atoms with Crippen LogP contribution in [0.25, 0.3) is 0 Å². The van der Waals surface area contributed by atoms with Crippen molar-refractivity contribution in [3.05, 3.63) is 22.2 Å². The first kappa shape index (κ1) is 16.4. The molecule has 1 aliphatic heterocycles. The molecule has 1 aromatic rings. The lowest BCUT2D eigenvalue weighted by molar-refractivity contribution is -0.118. The molecule has 1 fully saturated rings. The number of nitrogens with zero attached hydrogens (tertiary/aromatic N) is 1. The predicted molar refractivity (Wildman–Crippen MR) is 89.0 cm³/mol. The molecule has 4 nitrogen and oxygen atoms in total. The van der Waals surface area contributed by atoms with Crippen LogP contribution in [0.3, 0.4) is 0 Å². The molecule has 1 saturated heterocycles. The molecule has 1 aliphatic rings. The van der Waals surface area contributed by atoms with E-state index in [9.17, 15) is 4.79 Å². The Morgan fingerprint density at radius 3 is 2.52 bits per heavy atom. The van der Waals surface area contributed by atoms with Crippen molar-refractivity contribution in [2.24, 2.45) is 0 Å². The third-order valence-corrected chi connectivity index (χ3v) is 4.57. The van der Waals surface area contributed by atoms with Crippen molar-refractivity contribution in [3.63, 3.8) is 0 Å². The Morgan fingerprint density at radius 2 is 1.95 bits per heavy atom. The lowest BCUT2D eigenvalue weighted by atomic mass is 9.97. The van der Waals surface area contributed by atoms with E-state index in [1.54, 1.807) is 12.1 Å². The molecule has 0 radical (unpaired) electrons. The van der Waals surface area contributed by atoms with Gasteiger partial charge in [0.15, 0.2) is 0 Å². The van der Waals surface area contributed by atoms with Crippen LogP contribution in [0, 0.1) is 0 Å². The molecule has 0 spiro atoms. The van der Waals surface area contributed by atoms with E-state index < -0.39 is 0 Å². The molecule has 0 unspecified atom stereocenters. The molecule has 1 aromatic carbocycles. The van der Waals surface area contributed by atoms with Gasteiger partial charge in [0, 0.05) is 17.1 Å². The number of anilines is 2. The number of carbonyl (C=O) groups excluding carboxylic acids is 1. The number of rotatable bonds is 3. The first-order valence-corrected chi connectivity index (χ1v) is 7.94. The molecule has 116 valence electrons. The van der Waals surface area contributed by atoms with E-state index in [2.05, 4.69) is 24.1 Å². The number of nitrogens with two attached hydrogens (primary N) is 1. The highest BCUT2D eigenvalue weighted by Gasteiger charge is 2.26. The largest absolute Gasteiger partial charge is 0.397 e.